The van der Waals surface area contributed by atoms with Crippen LogP contribution in [0.2, 0.25) is 0 Å². The smallest absolute Gasteiger partial charge is 0.323 e. The molecule has 3 aromatic rings. The normalized spacial score (nSPS) is 14.1. The maximum Gasteiger partial charge on any atom is 0.323 e. The second-order valence-corrected chi connectivity index (χ2v) is 11.8. The van der Waals surface area contributed by atoms with Crippen LogP contribution in [0, 0.1) is 18.8 Å². The highest BCUT2D eigenvalue weighted by Gasteiger charge is 2.43. The van der Waals surface area contributed by atoms with Crippen LogP contribution in [0.5, 0.6) is 0 Å². The third kappa shape index (κ3) is 9.59. The van der Waals surface area contributed by atoms with Gasteiger partial charge in [0.25, 0.3) is 0 Å². The average Bonchev–Trinajstić information content (AvgIpc) is 3.55. The van der Waals surface area contributed by atoms with Crippen LogP contribution in [0.25, 0.3) is 0 Å². The number of benzene rings is 3. The molecule has 4 amide bonds. The van der Waals surface area contributed by atoms with Crippen LogP contribution in [-0.4, -0.2) is 41.3 Å². The Hall–Kier alpha value is -5.32. The van der Waals surface area contributed by atoms with Gasteiger partial charge in [0, 0.05) is 35.8 Å². The summed E-state index contributed by atoms with van der Waals surface area (Å²) < 4.78 is 10.9. The quantitative estimate of drug-likeness (QED) is 0.146. The number of carboxylic acids is 1. The molecular weight excluding hydrogens is 588 g/mol. The lowest BCUT2D eigenvalue weighted by molar-refractivity contribution is -0.140. The van der Waals surface area contributed by atoms with E-state index in [4.69, 9.17) is 9.47 Å². The van der Waals surface area contributed by atoms with Crippen LogP contribution in [0.3, 0.4) is 0 Å². The molecule has 1 heterocycles. The highest BCUT2D eigenvalue weighted by atomic mass is 16.7. The first-order valence-corrected chi connectivity index (χ1v) is 15.1. The predicted molar refractivity (Wildman–Crippen MR) is 175 cm³/mol. The van der Waals surface area contributed by atoms with Crippen LogP contribution < -0.4 is 21.3 Å². The monoisotopic (exact) mass is 628 g/mol. The van der Waals surface area contributed by atoms with Gasteiger partial charge in [-0.15, -0.1) is 0 Å². The molecule has 2 unspecified atom stereocenters. The van der Waals surface area contributed by atoms with Crippen molar-refractivity contribution in [1.29, 1.82) is 0 Å². The van der Waals surface area contributed by atoms with Crippen molar-refractivity contribution >= 4 is 40.9 Å². The van der Waals surface area contributed by atoms with Gasteiger partial charge >= 0.3 is 12.0 Å². The molecule has 0 saturated carbocycles. The maximum absolute atomic E-state index is 13.9. The van der Waals surface area contributed by atoms with Gasteiger partial charge in [0.05, 0.1) is 6.42 Å². The van der Waals surface area contributed by atoms with Gasteiger partial charge in [-0.2, -0.15) is 0 Å². The van der Waals surface area contributed by atoms with E-state index in [2.05, 4.69) is 21.3 Å². The van der Waals surface area contributed by atoms with E-state index in [1.807, 2.05) is 75.4 Å². The lowest BCUT2D eigenvalue weighted by Gasteiger charge is -2.35. The number of hydrogen-bond donors (Lipinski definition) is 5. The van der Waals surface area contributed by atoms with Crippen LogP contribution in [0.15, 0.2) is 90.9 Å². The first-order valence-electron chi connectivity index (χ1n) is 15.1. The van der Waals surface area contributed by atoms with E-state index in [1.165, 1.54) is 6.26 Å². The lowest BCUT2D eigenvalue weighted by atomic mass is 9.84. The van der Waals surface area contributed by atoms with Crippen LogP contribution >= 0.6 is 0 Å². The van der Waals surface area contributed by atoms with E-state index in [0.29, 0.717) is 23.5 Å². The molecule has 0 fully saturated rings. The Kier molecular flexibility index (Phi) is 11.4. The van der Waals surface area contributed by atoms with Crippen LogP contribution in [0.1, 0.15) is 44.2 Å². The van der Waals surface area contributed by atoms with Crippen molar-refractivity contribution in [2.45, 2.75) is 52.0 Å². The molecule has 1 aliphatic heterocycles. The number of rotatable bonds is 14. The highest BCUT2D eigenvalue weighted by molar-refractivity contribution is 6.00. The fraction of sp³-hybridized carbons (Fsp3) is 0.314. The summed E-state index contributed by atoms with van der Waals surface area (Å²) in [5.41, 5.74) is 2.02. The molecule has 11 nitrogen and oxygen atoms in total. The Morgan fingerprint density at radius 1 is 0.870 bits per heavy atom. The van der Waals surface area contributed by atoms with Crippen molar-refractivity contribution in [2.75, 3.05) is 22.7 Å². The number of urea groups is 1. The summed E-state index contributed by atoms with van der Waals surface area (Å²) >= 11 is 0. The Labute approximate surface area is 268 Å². The second kappa shape index (κ2) is 15.6. The Bertz CT molecular complexity index is 1560. The van der Waals surface area contributed by atoms with Crippen molar-refractivity contribution in [3.8, 4) is 0 Å². The summed E-state index contributed by atoms with van der Waals surface area (Å²) in [7, 11) is 0. The van der Waals surface area contributed by atoms with Crippen molar-refractivity contribution in [2.24, 2.45) is 11.8 Å². The molecule has 242 valence electrons. The van der Waals surface area contributed by atoms with E-state index in [0.717, 1.165) is 11.1 Å². The largest absolute Gasteiger partial charge is 0.481 e. The van der Waals surface area contributed by atoms with Gasteiger partial charge in [0.2, 0.25) is 18.6 Å². The predicted octanol–water partition coefficient (Wildman–Crippen LogP) is 6.05. The number of anilines is 3. The maximum atomic E-state index is 13.9. The molecule has 0 aromatic heterocycles. The molecule has 1 aliphatic rings. The number of carbonyl (C=O) groups is 4. The summed E-state index contributed by atoms with van der Waals surface area (Å²) in [6.45, 7) is 5.70. The molecule has 2 atom stereocenters. The summed E-state index contributed by atoms with van der Waals surface area (Å²) in [5, 5.41) is 21.2. The Morgan fingerprint density at radius 3 is 2.13 bits per heavy atom. The molecule has 4 rings (SSSR count). The van der Waals surface area contributed by atoms with Gasteiger partial charge < -0.3 is 35.8 Å². The molecule has 0 saturated heterocycles. The number of aliphatic carboxylic acids is 1. The minimum Gasteiger partial charge on any atom is -0.481 e. The molecule has 5 N–H and O–H groups in total. The van der Waals surface area contributed by atoms with Crippen LogP contribution in [0.4, 0.5) is 21.9 Å². The van der Waals surface area contributed by atoms with Crippen molar-refractivity contribution in [3.63, 3.8) is 0 Å². The summed E-state index contributed by atoms with van der Waals surface area (Å²) in [5.74, 6) is -2.44. The summed E-state index contributed by atoms with van der Waals surface area (Å²) in [6.07, 6.45) is 1.29. The van der Waals surface area contributed by atoms with Gasteiger partial charge in [0.1, 0.15) is 11.8 Å². The molecule has 11 heteroatoms. The fourth-order valence-electron chi connectivity index (χ4n) is 5.34. The van der Waals surface area contributed by atoms with Gasteiger partial charge in [-0.1, -0.05) is 62.4 Å². The molecule has 0 radical (unpaired) electrons. The zero-order valence-corrected chi connectivity index (χ0v) is 26.2. The summed E-state index contributed by atoms with van der Waals surface area (Å²) in [4.78, 5) is 51.6. The molecular formula is C35H40N4O7. The van der Waals surface area contributed by atoms with Crippen molar-refractivity contribution in [1.82, 2.24) is 5.32 Å². The van der Waals surface area contributed by atoms with Gasteiger partial charge in [-0.05, 0) is 60.7 Å². The van der Waals surface area contributed by atoms with Gasteiger partial charge in [-0.25, -0.2) is 4.79 Å². The summed E-state index contributed by atoms with van der Waals surface area (Å²) in [6, 6.07) is 22.9. The number of carboxylic acid groups (broad SMARTS) is 1. The lowest BCUT2D eigenvalue weighted by Crippen LogP contribution is -2.55. The number of ether oxygens (including phenoxy) is 2. The third-order valence-corrected chi connectivity index (χ3v) is 7.49. The first-order chi connectivity index (χ1) is 22.0. The molecule has 46 heavy (non-hydrogen) atoms. The van der Waals surface area contributed by atoms with Gasteiger partial charge in [-0.3, -0.25) is 14.4 Å². The highest BCUT2D eigenvalue weighted by Crippen LogP contribution is 2.31. The minimum atomic E-state index is -1.43. The Balaban J connectivity index is 1.44. The SMILES string of the molecule is Cc1ccccc1NC(=O)Nc1ccc(NC(=O)CC(CC(C)C)C(=O)NC(CC(=O)O)(Cc2ccccc2)C2=COCO2)cc1. The number of para-hydroxylation sites is 1. The van der Waals surface area contributed by atoms with Crippen molar-refractivity contribution in [3.05, 3.63) is 102 Å². The van der Waals surface area contributed by atoms with E-state index in [9.17, 15) is 24.3 Å². The van der Waals surface area contributed by atoms with E-state index in [1.54, 1.807) is 24.3 Å². The zero-order valence-electron chi connectivity index (χ0n) is 26.2. The second-order valence-electron chi connectivity index (χ2n) is 11.8. The number of nitrogens with one attached hydrogen (secondary N) is 4. The first kappa shape index (κ1) is 33.6. The van der Waals surface area contributed by atoms with Crippen LogP contribution in [-0.2, 0) is 30.3 Å². The average molecular weight is 629 g/mol. The molecule has 0 spiro atoms. The topological polar surface area (TPSA) is 155 Å². The standard InChI is InChI=1S/C35H40N4O7/c1-23(2)17-26(33(43)39-35(20-32(41)42,30-21-45-22-46-30)19-25-10-5-4-6-11-25)18-31(40)36-27-13-15-28(16-14-27)37-34(44)38-29-12-8-7-9-24(29)3/h4-16,21,23,26H,17-20,22H2,1-3H3,(H,36,40)(H,39,43)(H,41,42)(H2,37,38,44). The number of aryl methyl sites for hydroxylation is 1. The van der Waals surface area contributed by atoms with E-state index >= 15 is 0 Å². The third-order valence-electron chi connectivity index (χ3n) is 7.49. The van der Waals surface area contributed by atoms with E-state index in [-0.39, 0.29) is 37.2 Å². The molecule has 0 bridgehead atoms. The number of carbonyl (C=O) groups excluding carboxylic acids is 3. The number of amides is 4. The van der Waals surface area contributed by atoms with E-state index < -0.39 is 35.8 Å². The van der Waals surface area contributed by atoms with Gasteiger partial charge in [0.15, 0.2) is 5.76 Å². The Morgan fingerprint density at radius 2 is 1.52 bits per heavy atom. The van der Waals surface area contributed by atoms with Crippen molar-refractivity contribution < 1.29 is 33.8 Å². The fourth-order valence-corrected chi connectivity index (χ4v) is 5.34. The minimum absolute atomic E-state index is 0.0769. The molecule has 0 aliphatic carbocycles. The zero-order chi connectivity index (χ0) is 33.1. The molecule has 3 aromatic carbocycles. The number of hydrogen-bond acceptors (Lipinski definition) is 6.